The van der Waals surface area contributed by atoms with Crippen LogP contribution in [0.1, 0.15) is 42.9 Å². The van der Waals surface area contributed by atoms with Gasteiger partial charge in [0.1, 0.15) is 0 Å². The summed E-state index contributed by atoms with van der Waals surface area (Å²) in [5, 5.41) is 2.94. The van der Waals surface area contributed by atoms with Gasteiger partial charge in [0.15, 0.2) is 0 Å². The van der Waals surface area contributed by atoms with Crippen molar-refractivity contribution in [2.24, 2.45) is 0 Å². The molecule has 1 aliphatic rings. The number of carbonyl (C=O) groups excluding carboxylic acids is 3. The van der Waals surface area contributed by atoms with Crippen LogP contribution in [0, 0.1) is 13.8 Å². The number of rotatable bonds is 6. The van der Waals surface area contributed by atoms with Crippen molar-refractivity contribution in [3.05, 3.63) is 34.9 Å². The number of hydrogen-bond acceptors (Lipinski definition) is 3. The normalized spacial score (nSPS) is 15.9. The van der Waals surface area contributed by atoms with Crippen molar-refractivity contribution in [2.75, 3.05) is 6.54 Å². The molecular weight excluding hydrogens is 292 g/mol. The van der Waals surface area contributed by atoms with Crippen LogP contribution in [0.25, 0.3) is 0 Å². The summed E-state index contributed by atoms with van der Waals surface area (Å²) in [5.41, 5.74) is 3.66. The van der Waals surface area contributed by atoms with E-state index in [1.165, 1.54) is 21.6 Å². The lowest BCUT2D eigenvalue weighted by molar-refractivity contribution is -0.138. The summed E-state index contributed by atoms with van der Waals surface area (Å²) in [6.45, 7) is 6.27. The van der Waals surface area contributed by atoms with Crippen LogP contribution < -0.4 is 5.32 Å². The molecule has 1 heterocycles. The SMILES string of the molecule is Cc1ccc(C[C@@H](C)NC(=O)CCN2C(=O)CCC2=O)c(C)c1. The van der Waals surface area contributed by atoms with Gasteiger partial charge in [-0.3, -0.25) is 19.3 Å². The Kier molecular flexibility index (Phi) is 5.53. The first kappa shape index (κ1) is 17.2. The Morgan fingerprint density at radius 3 is 2.48 bits per heavy atom. The summed E-state index contributed by atoms with van der Waals surface area (Å²) in [6.07, 6.45) is 1.46. The lowest BCUT2D eigenvalue weighted by Crippen LogP contribution is -2.38. The highest BCUT2D eigenvalue weighted by atomic mass is 16.2. The average Bonchev–Trinajstić information content (AvgIpc) is 2.79. The Bertz CT molecular complexity index is 609. The summed E-state index contributed by atoms with van der Waals surface area (Å²) in [7, 11) is 0. The van der Waals surface area contributed by atoms with E-state index in [-0.39, 0.29) is 49.6 Å². The molecule has 0 saturated carbocycles. The van der Waals surface area contributed by atoms with Crippen LogP contribution in [0.2, 0.25) is 0 Å². The highest BCUT2D eigenvalue weighted by Gasteiger charge is 2.28. The Hall–Kier alpha value is -2.17. The molecule has 1 atom stereocenters. The Labute approximate surface area is 137 Å². The zero-order valence-corrected chi connectivity index (χ0v) is 14.0. The number of imide groups is 1. The minimum Gasteiger partial charge on any atom is -0.353 e. The molecular formula is C18H24N2O3. The monoisotopic (exact) mass is 316 g/mol. The maximum Gasteiger partial charge on any atom is 0.229 e. The highest BCUT2D eigenvalue weighted by molar-refractivity contribution is 6.02. The lowest BCUT2D eigenvalue weighted by atomic mass is 10.00. The molecule has 1 aromatic rings. The van der Waals surface area contributed by atoms with Crippen LogP contribution in [0.4, 0.5) is 0 Å². The van der Waals surface area contributed by atoms with E-state index >= 15 is 0 Å². The smallest absolute Gasteiger partial charge is 0.229 e. The first-order chi connectivity index (χ1) is 10.9. The number of nitrogens with one attached hydrogen (secondary N) is 1. The number of nitrogens with zero attached hydrogens (tertiary/aromatic N) is 1. The van der Waals surface area contributed by atoms with E-state index in [1.54, 1.807) is 0 Å². The van der Waals surface area contributed by atoms with Gasteiger partial charge in [-0.2, -0.15) is 0 Å². The van der Waals surface area contributed by atoms with Crippen molar-refractivity contribution < 1.29 is 14.4 Å². The second-order valence-corrected chi connectivity index (χ2v) is 6.29. The first-order valence-electron chi connectivity index (χ1n) is 8.05. The van der Waals surface area contributed by atoms with E-state index in [9.17, 15) is 14.4 Å². The van der Waals surface area contributed by atoms with E-state index in [0.29, 0.717) is 0 Å². The van der Waals surface area contributed by atoms with Gasteiger partial charge in [-0.15, -0.1) is 0 Å². The maximum atomic E-state index is 12.0. The second kappa shape index (κ2) is 7.40. The molecule has 3 amide bonds. The molecule has 0 unspecified atom stereocenters. The number of likely N-dealkylation sites (tertiary alicyclic amines) is 1. The molecule has 23 heavy (non-hydrogen) atoms. The van der Waals surface area contributed by atoms with E-state index in [4.69, 9.17) is 0 Å². The second-order valence-electron chi connectivity index (χ2n) is 6.29. The Morgan fingerprint density at radius 2 is 1.87 bits per heavy atom. The van der Waals surface area contributed by atoms with Crippen LogP contribution in [0.5, 0.6) is 0 Å². The van der Waals surface area contributed by atoms with Crippen LogP contribution in [0.15, 0.2) is 18.2 Å². The predicted octanol–water partition coefficient (Wildman–Crippen LogP) is 1.89. The largest absolute Gasteiger partial charge is 0.353 e. The standard InChI is InChI=1S/C18H24N2O3/c1-12-4-5-15(13(2)10-12)11-14(3)19-16(21)8-9-20-17(22)6-7-18(20)23/h4-5,10,14H,6-9,11H2,1-3H3,(H,19,21)/t14-/m1/s1. The van der Waals surface area contributed by atoms with E-state index in [0.717, 1.165) is 6.42 Å². The average molecular weight is 316 g/mol. The van der Waals surface area contributed by atoms with Gasteiger partial charge in [0.05, 0.1) is 0 Å². The molecule has 1 fully saturated rings. The van der Waals surface area contributed by atoms with Gasteiger partial charge in [0, 0.05) is 31.8 Å². The molecule has 1 N–H and O–H groups in total. The van der Waals surface area contributed by atoms with Gasteiger partial charge in [-0.1, -0.05) is 23.8 Å². The fourth-order valence-electron chi connectivity index (χ4n) is 2.89. The number of aryl methyl sites for hydroxylation is 2. The molecule has 2 rings (SSSR count). The number of amides is 3. The third-order valence-corrected chi connectivity index (χ3v) is 4.15. The molecule has 124 valence electrons. The molecule has 0 aliphatic carbocycles. The van der Waals surface area contributed by atoms with Gasteiger partial charge in [-0.25, -0.2) is 0 Å². The van der Waals surface area contributed by atoms with Gasteiger partial charge in [0.2, 0.25) is 17.7 Å². The molecule has 0 spiro atoms. The van der Waals surface area contributed by atoms with Crippen molar-refractivity contribution in [3.63, 3.8) is 0 Å². The zero-order valence-electron chi connectivity index (χ0n) is 14.0. The number of hydrogen-bond donors (Lipinski definition) is 1. The topological polar surface area (TPSA) is 66.5 Å². The van der Waals surface area contributed by atoms with Crippen LogP contribution >= 0.6 is 0 Å². The summed E-state index contributed by atoms with van der Waals surface area (Å²) < 4.78 is 0. The Balaban J connectivity index is 1.80. The van der Waals surface area contributed by atoms with Gasteiger partial charge in [-0.05, 0) is 38.3 Å². The minimum absolute atomic E-state index is 0.00823. The van der Waals surface area contributed by atoms with Gasteiger partial charge in [0.25, 0.3) is 0 Å². The molecule has 1 aromatic carbocycles. The summed E-state index contributed by atoms with van der Waals surface area (Å²) >= 11 is 0. The molecule has 5 heteroatoms. The molecule has 5 nitrogen and oxygen atoms in total. The van der Waals surface area contributed by atoms with Gasteiger partial charge >= 0.3 is 0 Å². The lowest BCUT2D eigenvalue weighted by Gasteiger charge is -2.17. The number of benzene rings is 1. The third kappa shape index (κ3) is 4.65. The van der Waals surface area contributed by atoms with Crippen LogP contribution in [0.3, 0.4) is 0 Å². The minimum atomic E-state index is -0.175. The summed E-state index contributed by atoms with van der Waals surface area (Å²) in [5.74, 6) is -0.480. The maximum absolute atomic E-state index is 12.0. The van der Waals surface area contributed by atoms with Crippen LogP contribution in [-0.2, 0) is 20.8 Å². The van der Waals surface area contributed by atoms with E-state index in [1.807, 2.05) is 6.92 Å². The van der Waals surface area contributed by atoms with E-state index < -0.39 is 0 Å². The molecule has 0 radical (unpaired) electrons. The van der Waals surface area contributed by atoms with Crippen molar-refractivity contribution in [3.8, 4) is 0 Å². The predicted molar refractivity (Wildman–Crippen MR) is 87.8 cm³/mol. The molecule has 1 aliphatic heterocycles. The van der Waals surface area contributed by atoms with Crippen molar-refractivity contribution in [2.45, 2.75) is 52.5 Å². The molecule has 0 aromatic heterocycles. The fourth-order valence-corrected chi connectivity index (χ4v) is 2.89. The zero-order chi connectivity index (χ0) is 17.0. The molecule has 1 saturated heterocycles. The van der Waals surface area contributed by atoms with Crippen molar-refractivity contribution in [1.29, 1.82) is 0 Å². The number of carbonyl (C=O) groups is 3. The molecule has 0 bridgehead atoms. The quantitative estimate of drug-likeness (QED) is 0.815. The van der Waals surface area contributed by atoms with Crippen LogP contribution in [-0.4, -0.2) is 35.2 Å². The van der Waals surface area contributed by atoms with Crippen molar-refractivity contribution >= 4 is 17.7 Å². The first-order valence-corrected chi connectivity index (χ1v) is 8.05. The third-order valence-electron chi connectivity index (χ3n) is 4.15. The highest BCUT2D eigenvalue weighted by Crippen LogP contribution is 2.13. The Morgan fingerprint density at radius 1 is 1.22 bits per heavy atom. The van der Waals surface area contributed by atoms with Gasteiger partial charge < -0.3 is 5.32 Å². The van der Waals surface area contributed by atoms with E-state index in [2.05, 4.69) is 37.4 Å². The van der Waals surface area contributed by atoms with Crippen molar-refractivity contribution in [1.82, 2.24) is 10.2 Å². The summed E-state index contributed by atoms with van der Waals surface area (Å²) in [6, 6.07) is 6.30. The summed E-state index contributed by atoms with van der Waals surface area (Å²) in [4.78, 5) is 36.2. The fraction of sp³-hybridized carbons (Fsp3) is 0.500.